The maximum atomic E-state index is 12.9. The molecule has 158 valence electrons. The lowest BCUT2D eigenvalue weighted by Gasteiger charge is -2.23. The summed E-state index contributed by atoms with van der Waals surface area (Å²) in [4.78, 5) is 26.9. The van der Waals surface area contributed by atoms with Gasteiger partial charge in [0.2, 0.25) is 21.8 Å². The topological polar surface area (TPSA) is 86.8 Å². The number of carbonyl (C=O) groups is 2. The molecule has 1 atom stereocenters. The fourth-order valence-electron chi connectivity index (χ4n) is 4.13. The molecule has 0 spiro atoms. The van der Waals surface area contributed by atoms with Gasteiger partial charge in [0.25, 0.3) is 0 Å². The predicted molar refractivity (Wildman–Crippen MR) is 115 cm³/mol. The van der Waals surface area contributed by atoms with Crippen molar-refractivity contribution in [2.45, 2.75) is 44.0 Å². The lowest BCUT2D eigenvalue weighted by molar-refractivity contribution is -0.122. The average Bonchev–Trinajstić information content (AvgIpc) is 3.37. The zero-order chi connectivity index (χ0) is 21.5. The number of aryl methyl sites for hydroxylation is 1. The van der Waals surface area contributed by atoms with Crippen LogP contribution in [0.1, 0.15) is 30.9 Å². The summed E-state index contributed by atoms with van der Waals surface area (Å²) in [6, 6.07) is 11.5. The summed E-state index contributed by atoms with van der Waals surface area (Å²) < 4.78 is 27.3. The molecule has 2 aliphatic rings. The quantitative estimate of drug-likeness (QED) is 0.813. The van der Waals surface area contributed by atoms with Crippen LogP contribution in [0.5, 0.6) is 0 Å². The van der Waals surface area contributed by atoms with Crippen molar-refractivity contribution in [3.05, 3.63) is 53.6 Å². The molecule has 30 heavy (non-hydrogen) atoms. The van der Waals surface area contributed by atoms with Crippen molar-refractivity contribution in [2.24, 2.45) is 0 Å². The molecule has 2 amide bonds. The minimum absolute atomic E-state index is 0.214. The number of nitrogens with zero attached hydrogens (tertiary/aromatic N) is 2. The lowest BCUT2D eigenvalue weighted by Crippen LogP contribution is -2.44. The van der Waals surface area contributed by atoms with Gasteiger partial charge in [-0.1, -0.05) is 17.7 Å². The summed E-state index contributed by atoms with van der Waals surface area (Å²) in [6.07, 6.45) is 2.00. The third kappa shape index (κ3) is 3.73. The number of nitrogens with one attached hydrogen (secondary N) is 1. The molecule has 0 bridgehead atoms. The van der Waals surface area contributed by atoms with E-state index in [1.165, 1.54) is 22.2 Å². The maximum absolute atomic E-state index is 12.9. The van der Waals surface area contributed by atoms with E-state index in [1.54, 1.807) is 12.1 Å². The van der Waals surface area contributed by atoms with Gasteiger partial charge in [-0.15, -0.1) is 0 Å². The van der Waals surface area contributed by atoms with E-state index in [-0.39, 0.29) is 23.1 Å². The Labute approximate surface area is 176 Å². The van der Waals surface area contributed by atoms with Crippen LogP contribution in [0.2, 0.25) is 0 Å². The molecule has 2 aliphatic heterocycles. The van der Waals surface area contributed by atoms with Crippen LogP contribution in [-0.4, -0.2) is 43.7 Å². The summed E-state index contributed by atoms with van der Waals surface area (Å²) in [5.74, 6) is -0.554. The van der Waals surface area contributed by atoms with Crippen LogP contribution in [0.15, 0.2) is 47.4 Å². The first-order chi connectivity index (χ1) is 14.3. The SMILES string of the molecule is CC(=O)N1c2ccc(S(=O)(=O)N3CCCC3)cc2CC1C(=O)Nc1ccc(C)cc1. The fraction of sp³-hybridized carbons (Fsp3) is 0.364. The van der Waals surface area contributed by atoms with Gasteiger partial charge in [-0.2, -0.15) is 4.31 Å². The Bertz CT molecular complexity index is 1090. The third-order valence-electron chi connectivity index (χ3n) is 5.70. The molecule has 2 heterocycles. The highest BCUT2D eigenvalue weighted by Gasteiger charge is 2.38. The van der Waals surface area contributed by atoms with Gasteiger partial charge in [-0.25, -0.2) is 8.42 Å². The summed E-state index contributed by atoms with van der Waals surface area (Å²) in [6.45, 7) is 4.43. The summed E-state index contributed by atoms with van der Waals surface area (Å²) in [7, 11) is -3.56. The van der Waals surface area contributed by atoms with E-state index in [9.17, 15) is 18.0 Å². The van der Waals surface area contributed by atoms with Crippen LogP contribution in [0.3, 0.4) is 0 Å². The molecule has 1 N–H and O–H groups in total. The number of fused-ring (bicyclic) bond motifs is 1. The van der Waals surface area contributed by atoms with Crippen LogP contribution >= 0.6 is 0 Å². The van der Waals surface area contributed by atoms with Gasteiger partial charge in [0.1, 0.15) is 6.04 Å². The van der Waals surface area contributed by atoms with E-state index in [0.717, 1.165) is 18.4 Å². The molecule has 0 radical (unpaired) electrons. The maximum Gasteiger partial charge on any atom is 0.247 e. The molecule has 0 aliphatic carbocycles. The number of amides is 2. The van der Waals surface area contributed by atoms with Gasteiger partial charge in [-0.05, 0) is 55.7 Å². The molecular formula is C22H25N3O4S. The van der Waals surface area contributed by atoms with E-state index >= 15 is 0 Å². The van der Waals surface area contributed by atoms with Crippen LogP contribution < -0.4 is 10.2 Å². The average molecular weight is 428 g/mol. The number of anilines is 2. The second kappa shape index (κ2) is 7.85. The molecule has 4 rings (SSSR count). The van der Waals surface area contributed by atoms with Gasteiger partial charge < -0.3 is 5.32 Å². The zero-order valence-electron chi connectivity index (χ0n) is 17.1. The summed E-state index contributed by atoms with van der Waals surface area (Å²) in [5.41, 5.74) is 3.02. The van der Waals surface area contributed by atoms with Crippen LogP contribution in [-0.2, 0) is 26.0 Å². The van der Waals surface area contributed by atoms with Gasteiger partial charge in [0.15, 0.2) is 0 Å². The minimum atomic E-state index is -3.56. The molecule has 2 aromatic carbocycles. The van der Waals surface area contributed by atoms with E-state index in [1.807, 2.05) is 31.2 Å². The monoisotopic (exact) mass is 427 g/mol. The first-order valence-electron chi connectivity index (χ1n) is 10.1. The molecule has 8 heteroatoms. The van der Waals surface area contributed by atoms with Crippen LogP contribution in [0, 0.1) is 6.92 Å². The Morgan fingerprint density at radius 1 is 1.03 bits per heavy atom. The number of sulfonamides is 1. The van der Waals surface area contributed by atoms with Crippen molar-refractivity contribution >= 4 is 33.2 Å². The van der Waals surface area contributed by atoms with Gasteiger partial charge in [-0.3, -0.25) is 14.5 Å². The van der Waals surface area contributed by atoms with E-state index in [4.69, 9.17) is 0 Å². The van der Waals surface area contributed by atoms with Crippen molar-refractivity contribution in [1.82, 2.24) is 4.31 Å². The smallest absolute Gasteiger partial charge is 0.247 e. The molecule has 1 unspecified atom stereocenters. The first-order valence-corrected chi connectivity index (χ1v) is 11.5. The second-order valence-electron chi connectivity index (χ2n) is 7.87. The van der Waals surface area contributed by atoms with E-state index in [0.29, 0.717) is 30.0 Å². The van der Waals surface area contributed by atoms with E-state index in [2.05, 4.69) is 5.32 Å². The number of rotatable bonds is 4. The molecule has 7 nitrogen and oxygen atoms in total. The number of benzene rings is 2. The molecule has 0 saturated carbocycles. The van der Waals surface area contributed by atoms with Crippen molar-refractivity contribution < 1.29 is 18.0 Å². The Hall–Kier alpha value is -2.71. The van der Waals surface area contributed by atoms with Gasteiger partial charge in [0.05, 0.1) is 4.90 Å². The number of hydrogen-bond acceptors (Lipinski definition) is 4. The lowest BCUT2D eigenvalue weighted by atomic mass is 10.1. The van der Waals surface area contributed by atoms with Gasteiger partial charge in [0, 0.05) is 37.8 Å². The third-order valence-corrected chi connectivity index (χ3v) is 7.59. The molecule has 2 aromatic rings. The largest absolute Gasteiger partial charge is 0.324 e. The van der Waals surface area contributed by atoms with E-state index < -0.39 is 16.1 Å². The van der Waals surface area contributed by atoms with Crippen LogP contribution in [0.25, 0.3) is 0 Å². The highest BCUT2D eigenvalue weighted by Crippen LogP contribution is 2.35. The Kier molecular flexibility index (Phi) is 5.38. The van der Waals surface area contributed by atoms with Crippen molar-refractivity contribution in [1.29, 1.82) is 0 Å². The predicted octanol–water partition coefficient (Wildman–Crippen LogP) is 2.70. The normalized spacial score (nSPS) is 19.0. The number of hydrogen-bond donors (Lipinski definition) is 1. The Morgan fingerprint density at radius 2 is 1.70 bits per heavy atom. The minimum Gasteiger partial charge on any atom is -0.324 e. The Morgan fingerprint density at radius 3 is 2.33 bits per heavy atom. The Balaban J connectivity index is 1.61. The van der Waals surface area contributed by atoms with Crippen LogP contribution in [0.4, 0.5) is 11.4 Å². The standard InChI is InChI=1S/C22H25N3O4S/c1-15-5-7-18(8-6-15)23-22(27)21-14-17-13-19(9-10-20(17)25(21)16(2)26)30(28,29)24-11-3-4-12-24/h5-10,13,21H,3-4,11-12,14H2,1-2H3,(H,23,27). The molecule has 0 aromatic heterocycles. The fourth-order valence-corrected chi connectivity index (χ4v) is 5.70. The zero-order valence-corrected chi connectivity index (χ0v) is 17.9. The summed E-state index contributed by atoms with van der Waals surface area (Å²) in [5, 5.41) is 2.86. The molecule has 1 saturated heterocycles. The number of carbonyl (C=O) groups excluding carboxylic acids is 2. The second-order valence-corrected chi connectivity index (χ2v) is 9.80. The first kappa shape index (κ1) is 20.6. The van der Waals surface area contributed by atoms with Gasteiger partial charge >= 0.3 is 0 Å². The molecular weight excluding hydrogens is 402 g/mol. The highest BCUT2D eigenvalue weighted by molar-refractivity contribution is 7.89. The van der Waals surface area contributed by atoms with Crippen molar-refractivity contribution in [3.8, 4) is 0 Å². The highest BCUT2D eigenvalue weighted by atomic mass is 32.2. The van der Waals surface area contributed by atoms with Crippen molar-refractivity contribution in [3.63, 3.8) is 0 Å². The van der Waals surface area contributed by atoms with Crippen molar-refractivity contribution in [2.75, 3.05) is 23.3 Å². The summed E-state index contributed by atoms with van der Waals surface area (Å²) >= 11 is 0. The molecule has 1 fully saturated rings.